The van der Waals surface area contributed by atoms with Gasteiger partial charge in [-0.3, -0.25) is 14.4 Å². The average Bonchev–Trinajstić information content (AvgIpc) is 2.89. The SMILES string of the molecule is CCc1ccc(NC(=O)C(=O)N/N=C\c2ccc(OCC(=O)Nc3ccccc3C)c(OC)c2)cc1. The maximum Gasteiger partial charge on any atom is 0.329 e. The molecule has 9 heteroatoms. The van der Waals surface area contributed by atoms with Crippen molar-refractivity contribution in [3.8, 4) is 11.5 Å². The van der Waals surface area contributed by atoms with Gasteiger partial charge in [0.25, 0.3) is 5.91 Å². The van der Waals surface area contributed by atoms with Crippen LogP contribution >= 0.6 is 0 Å². The summed E-state index contributed by atoms with van der Waals surface area (Å²) < 4.78 is 10.9. The van der Waals surface area contributed by atoms with Gasteiger partial charge >= 0.3 is 11.8 Å². The number of benzene rings is 3. The summed E-state index contributed by atoms with van der Waals surface area (Å²) in [6, 6.07) is 19.6. The van der Waals surface area contributed by atoms with E-state index >= 15 is 0 Å². The topological polar surface area (TPSA) is 118 Å². The Morgan fingerprint density at radius 1 is 0.917 bits per heavy atom. The van der Waals surface area contributed by atoms with E-state index in [9.17, 15) is 14.4 Å². The molecule has 0 aliphatic rings. The fourth-order valence-corrected chi connectivity index (χ4v) is 3.15. The molecule has 3 rings (SSSR count). The van der Waals surface area contributed by atoms with E-state index < -0.39 is 11.8 Å². The van der Waals surface area contributed by atoms with Crippen LogP contribution in [-0.4, -0.2) is 37.7 Å². The van der Waals surface area contributed by atoms with Gasteiger partial charge in [-0.05, 0) is 66.4 Å². The lowest BCUT2D eigenvalue weighted by atomic mass is 10.1. The highest BCUT2D eigenvalue weighted by Crippen LogP contribution is 2.27. The Morgan fingerprint density at radius 3 is 2.36 bits per heavy atom. The van der Waals surface area contributed by atoms with Gasteiger partial charge in [0.1, 0.15) is 0 Å². The lowest BCUT2D eigenvalue weighted by molar-refractivity contribution is -0.136. The Bertz CT molecular complexity index is 1260. The van der Waals surface area contributed by atoms with Gasteiger partial charge in [0.05, 0.1) is 13.3 Å². The number of carbonyl (C=O) groups excluding carboxylic acids is 3. The van der Waals surface area contributed by atoms with Crippen LogP contribution in [0.15, 0.2) is 71.8 Å². The zero-order chi connectivity index (χ0) is 25.9. The number of amides is 3. The zero-order valence-corrected chi connectivity index (χ0v) is 20.3. The quantitative estimate of drug-likeness (QED) is 0.241. The molecule has 0 atom stereocenters. The van der Waals surface area contributed by atoms with E-state index in [0.29, 0.717) is 22.7 Å². The standard InChI is InChI=1S/C27H28N4O5/c1-4-19-9-12-21(13-10-19)29-26(33)27(34)31-28-16-20-11-14-23(24(15-20)35-3)36-17-25(32)30-22-8-6-5-7-18(22)2/h5-16H,4,17H2,1-3H3,(H,29,33)(H,30,32)(H,31,34)/b28-16-. The maximum absolute atomic E-state index is 12.2. The van der Waals surface area contributed by atoms with Crippen molar-refractivity contribution in [2.45, 2.75) is 20.3 Å². The molecule has 0 aromatic heterocycles. The molecule has 36 heavy (non-hydrogen) atoms. The molecule has 0 unspecified atom stereocenters. The minimum absolute atomic E-state index is 0.204. The van der Waals surface area contributed by atoms with Crippen LogP contribution in [0.25, 0.3) is 0 Å². The molecule has 0 aliphatic heterocycles. The average molecular weight is 489 g/mol. The summed E-state index contributed by atoms with van der Waals surface area (Å²) in [6.07, 6.45) is 2.24. The molecule has 3 amide bonds. The number of para-hydroxylation sites is 1. The molecule has 0 bridgehead atoms. The predicted octanol–water partition coefficient (Wildman–Crippen LogP) is 3.67. The molecule has 0 fully saturated rings. The Labute approximate surface area is 209 Å². The minimum Gasteiger partial charge on any atom is -0.493 e. The third-order valence-corrected chi connectivity index (χ3v) is 5.17. The lowest BCUT2D eigenvalue weighted by Gasteiger charge is -2.12. The summed E-state index contributed by atoms with van der Waals surface area (Å²) in [5.74, 6) is -1.30. The molecule has 0 heterocycles. The second-order valence-corrected chi connectivity index (χ2v) is 7.77. The number of ether oxygens (including phenoxy) is 2. The van der Waals surface area contributed by atoms with E-state index in [-0.39, 0.29) is 12.5 Å². The van der Waals surface area contributed by atoms with Crippen molar-refractivity contribution in [3.05, 3.63) is 83.4 Å². The number of nitrogens with one attached hydrogen (secondary N) is 3. The van der Waals surface area contributed by atoms with Crippen LogP contribution < -0.4 is 25.5 Å². The number of rotatable bonds is 9. The summed E-state index contributed by atoms with van der Waals surface area (Å²) in [5.41, 5.74) is 6.08. The summed E-state index contributed by atoms with van der Waals surface area (Å²) >= 11 is 0. The largest absolute Gasteiger partial charge is 0.493 e. The third-order valence-electron chi connectivity index (χ3n) is 5.17. The number of hydrazone groups is 1. The first-order valence-corrected chi connectivity index (χ1v) is 11.3. The van der Waals surface area contributed by atoms with Crippen molar-refractivity contribution < 1.29 is 23.9 Å². The molecular weight excluding hydrogens is 460 g/mol. The summed E-state index contributed by atoms with van der Waals surface area (Å²) in [6.45, 7) is 3.73. The zero-order valence-electron chi connectivity index (χ0n) is 20.3. The van der Waals surface area contributed by atoms with Gasteiger partial charge in [0, 0.05) is 11.4 Å². The number of hydrogen-bond donors (Lipinski definition) is 3. The molecule has 9 nitrogen and oxygen atoms in total. The number of methoxy groups -OCH3 is 1. The first-order chi connectivity index (χ1) is 17.4. The van der Waals surface area contributed by atoms with Gasteiger partial charge in [0.2, 0.25) is 0 Å². The van der Waals surface area contributed by atoms with E-state index in [0.717, 1.165) is 23.2 Å². The van der Waals surface area contributed by atoms with Crippen molar-refractivity contribution in [1.82, 2.24) is 5.43 Å². The van der Waals surface area contributed by atoms with Crippen LogP contribution in [0.1, 0.15) is 23.6 Å². The van der Waals surface area contributed by atoms with Gasteiger partial charge in [-0.15, -0.1) is 0 Å². The highest BCUT2D eigenvalue weighted by atomic mass is 16.5. The molecule has 3 aromatic rings. The fourth-order valence-electron chi connectivity index (χ4n) is 3.15. The normalized spacial score (nSPS) is 10.5. The minimum atomic E-state index is -0.905. The lowest BCUT2D eigenvalue weighted by Crippen LogP contribution is -2.32. The molecular formula is C27H28N4O5. The van der Waals surface area contributed by atoms with Crippen LogP contribution in [0.2, 0.25) is 0 Å². The monoisotopic (exact) mass is 488 g/mol. The van der Waals surface area contributed by atoms with E-state index in [2.05, 4.69) is 21.2 Å². The first-order valence-electron chi connectivity index (χ1n) is 11.3. The molecule has 3 aromatic carbocycles. The molecule has 0 saturated carbocycles. The summed E-state index contributed by atoms with van der Waals surface area (Å²) in [4.78, 5) is 36.3. The van der Waals surface area contributed by atoms with Crippen molar-refractivity contribution >= 4 is 35.3 Å². The molecule has 3 N–H and O–H groups in total. The van der Waals surface area contributed by atoms with Crippen LogP contribution in [-0.2, 0) is 20.8 Å². The maximum atomic E-state index is 12.2. The first kappa shape index (κ1) is 26.0. The Kier molecular flexibility index (Phi) is 9.16. The van der Waals surface area contributed by atoms with Gasteiger partial charge in [-0.25, -0.2) is 5.43 Å². The number of anilines is 2. The van der Waals surface area contributed by atoms with Crippen molar-refractivity contribution in [2.24, 2.45) is 5.10 Å². The highest BCUT2D eigenvalue weighted by Gasteiger charge is 2.13. The number of aryl methyl sites for hydroxylation is 2. The van der Waals surface area contributed by atoms with E-state index in [1.807, 2.05) is 50.2 Å². The smallest absolute Gasteiger partial charge is 0.329 e. The molecule has 0 aliphatic carbocycles. The molecule has 0 saturated heterocycles. The highest BCUT2D eigenvalue weighted by molar-refractivity contribution is 6.39. The Balaban J connectivity index is 1.52. The van der Waals surface area contributed by atoms with E-state index in [1.165, 1.54) is 13.3 Å². The summed E-state index contributed by atoms with van der Waals surface area (Å²) in [7, 11) is 1.47. The van der Waals surface area contributed by atoms with Gasteiger partial charge in [-0.2, -0.15) is 5.10 Å². The molecule has 186 valence electrons. The van der Waals surface area contributed by atoms with E-state index in [1.54, 1.807) is 30.3 Å². The van der Waals surface area contributed by atoms with Crippen molar-refractivity contribution in [2.75, 3.05) is 24.4 Å². The van der Waals surface area contributed by atoms with Gasteiger partial charge < -0.3 is 20.1 Å². The fraction of sp³-hybridized carbons (Fsp3) is 0.185. The molecule has 0 spiro atoms. The number of hydrogen-bond acceptors (Lipinski definition) is 6. The number of carbonyl (C=O) groups is 3. The molecule has 0 radical (unpaired) electrons. The van der Waals surface area contributed by atoms with Crippen molar-refractivity contribution in [1.29, 1.82) is 0 Å². The third kappa shape index (κ3) is 7.42. The van der Waals surface area contributed by atoms with Crippen LogP contribution in [0.5, 0.6) is 11.5 Å². The van der Waals surface area contributed by atoms with Gasteiger partial charge in [0.15, 0.2) is 18.1 Å². The van der Waals surface area contributed by atoms with Crippen LogP contribution in [0, 0.1) is 6.92 Å². The van der Waals surface area contributed by atoms with Gasteiger partial charge in [-0.1, -0.05) is 37.3 Å². The van der Waals surface area contributed by atoms with E-state index in [4.69, 9.17) is 9.47 Å². The van der Waals surface area contributed by atoms with Crippen LogP contribution in [0.4, 0.5) is 11.4 Å². The Morgan fingerprint density at radius 2 is 1.67 bits per heavy atom. The second kappa shape index (κ2) is 12.7. The second-order valence-electron chi connectivity index (χ2n) is 7.77. The predicted molar refractivity (Wildman–Crippen MR) is 138 cm³/mol. The number of nitrogens with zero attached hydrogens (tertiary/aromatic N) is 1. The van der Waals surface area contributed by atoms with Crippen LogP contribution in [0.3, 0.4) is 0 Å². The van der Waals surface area contributed by atoms with Crippen molar-refractivity contribution in [3.63, 3.8) is 0 Å². The Hall–Kier alpha value is -4.66. The summed E-state index contributed by atoms with van der Waals surface area (Å²) in [5, 5.41) is 9.13.